The minimum atomic E-state index is -1.76. The van der Waals surface area contributed by atoms with Crippen LogP contribution in [0, 0.1) is 5.82 Å². The molecule has 35 heavy (non-hydrogen) atoms. The molecule has 1 aliphatic carbocycles. The van der Waals surface area contributed by atoms with Gasteiger partial charge in [0.25, 0.3) is 5.91 Å². The Morgan fingerprint density at radius 3 is 2.60 bits per heavy atom. The number of hydrogen-bond acceptors (Lipinski definition) is 9. The van der Waals surface area contributed by atoms with Crippen molar-refractivity contribution in [2.24, 2.45) is 0 Å². The van der Waals surface area contributed by atoms with Crippen molar-refractivity contribution < 1.29 is 22.7 Å². The standard InChI is InChI=1S/C20H22FN5O2S.C3H6O2S/c1-4-17(16-11-29-20(22)25-16)26(3)19(27)13-7-6-12(8-14(13)21)15-9-23-10-18(24-15)28-5-2;4-6(5)3-1-2-3/h6-11,17H,4-5H2,1-3H3,(H2,22,25);3H,1-2H2,(H,4,5)/p-1. The van der Waals surface area contributed by atoms with Crippen LogP contribution < -0.4 is 10.5 Å². The minimum absolute atomic E-state index is 0.0185. The zero-order valence-electron chi connectivity index (χ0n) is 19.6. The van der Waals surface area contributed by atoms with Gasteiger partial charge < -0.3 is 19.9 Å². The van der Waals surface area contributed by atoms with Crippen LogP contribution in [0.2, 0.25) is 0 Å². The average molecular weight is 521 g/mol. The first-order valence-electron chi connectivity index (χ1n) is 11.1. The third kappa shape index (κ3) is 7.03. The molecule has 3 aromatic rings. The zero-order valence-corrected chi connectivity index (χ0v) is 21.3. The molecular weight excluding hydrogens is 493 g/mol. The number of carbonyl (C=O) groups excluding carboxylic acids is 1. The summed E-state index contributed by atoms with van der Waals surface area (Å²) in [4.78, 5) is 27.0. The lowest BCUT2D eigenvalue weighted by molar-refractivity contribution is 0.0718. The fourth-order valence-corrected chi connectivity index (χ4v) is 4.41. The Bertz CT molecular complexity index is 1190. The Balaban J connectivity index is 0.000000497. The van der Waals surface area contributed by atoms with Gasteiger partial charge in [-0.3, -0.25) is 14.0 Å². The van der Waals surface area contributed by atoms with Crippen molar-refractivity contribution in [1.82, 2.24) is 19.9 Å². The predicted molar refractivity (Wildman–Crippen MR) is 132 cm³/mol. The molecule has 1 aliphatic rings. The third-order valence-electron chi connectivity index (χ3n) is 5.25. The van der Waals surface area contributed by atoms with Crippen LogP contribution in [0.25, 0.3) is 11.3 Å². The molecule has 12 heteroatoms. The van der Waals surface area contributed by atoms with E-state index >= 15 is 0 Å². The Labute approximate surface area is 209 Å². The number of amides is 1. The molecule has 2 atom stereocenters. The van der Waals surface area contributed by atoms with E-state index in [1.165, 1.54) is 40.8 Å². The lowest BCUT2D eigenvalue weighted by Crippen LogP contribution is -2.31. The summed E-state index contributed by atoms with van der Waals surface area (Å²) in [5.74, 6) is -0.698. The first-order valence-corrected chi connectivity index (χ1v) is 13.1. The van der Waals surface area contributed by atoms with Crippen LogP contribution in [-0.4, -0.2) is 53.4 Å². The summed E-state index contributed by atoms with van der Waals surface area (Å²) >= 11 is -0.444. The normalized spacial score (nSPS) is 14.4. The Kier molecular flexibility index (Phi) is 9.24. The van der Waals surface area contributed by atoms with Gasteiger partial charge in [-0.1, -0.05) is 24.1 Å². The second-order valence-corrected chi connectivity index (χ2v) is 9.86. The van der Waals surface area contributed by atoms with Crippen LogP contribution in [0.1, 0.15) is 55.2 Å². The summed E-state index contributed by atoms with van der Waals surface area (Å²) in [5, 5.41) is 2.27. The van der Waals surface area contributed by atoms with Crippen LogP contribution in [0.15, 0.2) is 36.0 Å². The van der Waals surface area contributed by atoms with Gasteiger partial charge in [0.1, 0.15) is 5.82 Å². The Morgan fingerprint density at radius 2 is 2.09 bits per heavy atom. The number of halogens is 1. The van der Waals surface area contributed by atoms with Crippen molar-refractivity contribution in [3.63, 3.8) is 0 Å². The number of thiazole rings is 1. The van der Waals surface area contributed by atoms with Crippen LogP contribution in [0.5, 0.6) is 5.88 Å². The van der Waals surface area contributed by atoms with Crippen molar-refractivity contribution >= 4 is 33.5 Å². The van der Waals surface area contributed by atoms with Gasteiger partial charge in [0.2, 0.25) is 5.88 Å². The van der Waals surface area contributed by atoms with Crippen LogP contribution >= 0.6 is 11.3 Å². The molecule has 2 N–H and O–H groups in total. The van der Waals surface area contributed by atoms with Gasteiger partial charge in [-0.25, -0.2) is 14.4 Å². The SMILES string of the molecule is CCOc1cncc(-c2ccc(C(=O)N(C)C(CC)c3csc(N)n3)c(F)c2)n1.O=S([O-])C1CC1. The Hall–Kier alpha value is -2.96. The topological polar surface area (TPSA) is 134 Å². The molecule has 188 valence electrons. The number of nitrogens with zero attached hydrogens (tertiary/aromatic N) is 4. The second-order valence-electron chi connectivity index (χ2n) is 7.78. The molecule has 2 heterocycles. The summed E-state index contributed by atoms with van der Waals surface area (Å²) in [6.45, 7) is 4.23. The van der Waals surface area contributed by atoms with Gasteiger partial charge in [0, 0.05) is 23.2 Å². The first kappa shape index (κ1) is 26.6. The lowest BCUT2D eigenvalue weighted by Gasteiger charge is -2.26. The van der Waals surface area contributed by atoms with Crippen molar-refractivity contribution in [3.8, 4) is 17.1 Å². The highest BCUT2D eigenvalue weighted by Gasteiger charge is 2.25. The smallest absolute Gasteiger partial charge is 0.257 e. The molecule has 0 spiro atoms. The summed E-state index contributed by atoms with van der Waals surface area (Å²) in [5.41, 5.74) is 7.36. The van der Waals surface area contributed by atoms with Crippen molar-refractivity contribution in [3.05, 3.63) is 53.0 Å². The quantitative estimate of drug-likeness (QED) is 0.441. The molecule has 1 amide bonds. The predicted octanol–water partition coefficient (Wildman–Crippen LogP) is 3.97. The zero-order chi connectivity index (χ0) is 25.5. The molecule has 0 bridgehead atoms. The summed E-state index contributed by atoms with van der Waals surface area (Å²) in [6.07, 6.45) is 5.41. The molecule has 4 rings (SSSR count). The molecular formula is C23H27FN5O4S2-. The van der Waals surface area contributed by atoms with Gasteiger partial charge in [-0.15, -0.1) is 11.3 Å². The van der Waals surface area contributed by atoms with E-state index in [1.54, 1.807) is 13.1 Å². The van der Waals surface area contributed by atoms with E-state index in [0.717, 1.165) is 12.8 Å². The highest BCUT2D eigenvalue weighted by molar-refractivity contribution is 7.80. The summed E-state index contributed by atoms with van der Waals surface area (Å²) in [6, 6.07) is 4.10. The van der Waals surface area contributed by atoms with E-state index in [-0.39, 0.29) is 16.9 Å². The van der Waals surface area contributed by atoms with Crippen LogP contribution in [0.3, 0.4) is 0 Å². The van der Waals surface area contributed by atoms with E-state index in [4.69, 9.17) is 10.5 Å². The van der Waals surface area contributed by atoms with E-state index in [0.29, 0.717) is 41.0 Å². The molecule has 1 saturated carbocycles. The van der Waals surface area contributed by atoms with Crippen molar-refractivity contribution in [2.75, 3.05) is 19.4 Å². The Morgan fingerprint density at radius 1 is 1.34 bits per heavy atom. The lowest BCUT2D eigenvalue weighted by atomic mass is 10.1. The number of carbonyl (C=O) groups is 1. The third-order valence-corrected chi connectivity index (χ3v) is 6.96. The second kappa shape index (κ2) is 12.1. The van der Waals surface area contributed by atoms with Crippen molar-refractivity contribution in [2.45, 2.75) is 44.4 Å². The minimum Gasteiger partial charge on any atom is -0.772 e. The molecule has 2 unspecified atom stereocenters. The number of benzene rings is 1. The summed E-state index contributed by atoms with van der Waals surface area (Å²) < 4.78 is 39.7. The molecule has 2 aromatic heterocycles. The monoisotopic (exact) mass is 520 g/mol. The van der Waals surface area contributed by atoms with E-state index in [1.807, 2.05) is 19.2 Å². The van der Waals surface area contributed by atoms with E-state index < -0.39 is 22.8 Å². The number of nitrogen functional groups attached to an aromatic ring is 1. The fourth-order valence-electron chi connectivity index (χ4n) is 3.28. The number of ether oxygens (including phenoxy) is 1. The maximum Gasteiger partial charge on any atom is 0.257 e. The van der Waals surface area contributed by atoms with Gasteiger partial charge in [0.15, 0.2) is 5.13 Å². The number of hydrogen-bond donors (Lipinski definition) is 1. The largest absolute Gasteiger partial charge is 0.772 e. The highest BCUT2D eigenvalue weighted by atomic mass is 32.2. The van der Waals surface area contributed by atoms with Crippen LogP contribution in [-0.2, 0) is 11.1 Å². The highest BCUT2D eigenvalue weighted by Crippen LogP contribution is 2.28. The number of rotatable bonds is 8. The molecule has 9 nitrogen and oxygen atoms in total. The van der Waals surface area contributed by atoms with Gasteiger partial charge in [-0.05, 0) is 38.3 Å². The molecule has 0 aliphatic heterocycles. The van der Waals surface area contributed by atoms with Gasteiger partial charge in [0.05, 0.1) is 42.0 Å². The molecule has 0 radical (unpaired) electrons. The van der Waals surface area contributed by atoms with E-state index in [2.05, 4.69) is 15.0 Å². The number of nitrogens with two attached hydrogens (primary N) is 1. The van der Waals surface area contributed by atoms with E-state index in [9.17, 15) is 17.9 Å². The number of anilines is 1. The van der Waals surface area contributed by atoms with Crippen LogP contribution in [0.4, 0.5) is 9.52 Å². The molecule has 1 aromatic carbocycles. The fraction of sp³-hybridized carbons (Fsp3) is 0.391. The maximum absolute atomic E-state index is 14.8. The van der Waals surface area contributed by atoms with Gasteiger partial charge >= 0.3 is 0 Å². The number of aromatic nitrogens is 3. The molecule has 1 fully saturated rings. The summed E-state index contributed by atoms with van der Waals surface area (Å²) in [7, 11) is 1.64. The maximum atomic E-state index is 14.8. The van der Waals surface area contributed by atoms with Gasteiger partial charge in [-0.2, -0.15) is 0 Å². The molecule has 0 saturated heterocycles. The van der Waals surface area contributed by atoms with Crippen molar-refractivity contribution in [1.29, 1.82) is 0 Å². The average Bonchev–Trinajstić information content (AvgIpc) is 3.62. The first-order chi connectivity index (χ1) is 16.7.